The molecule has 5 rings (SSSR count). The van der Waals surface area contributed by atoms with E-state index in [2.05, 4.69) is 24.3 Å². The summed E-state index contributed by atoms with van der Waals surface area (Å²) in [6.07, 6.45) is 1.85. The quantitative estimate of drug-likeness (QED) is 0.365. The normalized spacial score (nSPS) is 11.3. The van der Waals surface area contributed by atoms with Gasteiger partial charge in [0.05, 0.1) is 12.7 Å². The van der Waals surface area contributed by atoms with Gasteiger partial charge in [-0.2, -0.15) is 0 Å². The number of furan rings is 1. The van der Waals surface area contributed by atoms with E-state index in [1.807, 2.05) is 54.6 Å². The lowest BCUT2D eigenvalue weighted by molar-refractivity contribution is -0.144. The van der Waals surface area contributed by atoms with Gasteiger partial charge >= 0.3 is 5.97 Å². The van der Waals surface area contributed by atoms with Crippen molar-refractivity contribution in [2.24, 2.45) is 0 Å². The highest BCUT2D eigenvalue weighted by Crippen LogP contribution is 2.30. The third-order valence-electron chi connectivity index (χ3n) is 5.14. The van der Waals surface area contributed by atoms with Gasteiger partial charge in [0.25, 0.3) is 0 Å². The molecule has 0 aliphatic carbocycles. The van der Waals surface area contributed by atoms with Crippen molar-refractivity contribution in [3.05, 3.63) is 96.3 Å². The van der Waals surface area contributed by atoms with Gasteiger partial charge in [0.2, 0.25) is 0 Å². The summed E-state index contributed by atoms with van der Waals surface area (Å²) in [6.45, 7) is 0.261. The van der Waals surface area contributed by atoms with E-state index in [9.17, 15) is 4.79 Å². The number of carbonyl (C=O) groups excluding carboxylic acids is 1. The molecule has 0 spiro atoms. The first kappa shape index (κ1) is 16.6. The number of ether oxygens (including phenoxy) is 1. The highest BCUT2D eigenvalue weighted by Gasteiger charge is 2.14. The van der Waals surface area contributed by atoms with Gasteiger partial charge in [-0.1, -0.05) is 72.8 Å². The molecule has 0 aliphatic rings. The third-order valence-corrected chi connectivity index (χ3v) is 5.14. The lowest BCUT2D eigenvalue weighted by Crippen LogP contribution is -2.08. The summed E-state index contributed by atoms with van der Waals surface area (Å²) >= 11 is 0. The largest absolute Gasteiger partial charge is 0.464 e. The third kappa shape index (κ3) is 2.91. The first-order valence-electron chi connectivity index (χ1n) is 9.30. The zero-order chi connectivity index (χ0) is 18.9. The maximum atomic E-state index is 12.5. The van der Waals surface area contributed by atoms with E-state index in [1.165, 1.54) is 0 Å². The lowest BCUT2D eigenvalue weighted by Gasteiger charge is -2.08. The van der Waals surface area contributed by atoms with Gasteiger partial charge in [0.1, 0.15) is 12.2 Å². The van der Waals surface area contributed by atoms with Crippen LogP contribution in [0.2, 0.25) is 0 Å². The maximum absolute atomic E-state index is 12.5. The minimum Gasteiger partial charge on any atom is -0.464 e. The SMILES string of the molecule is O=C(Cc1coc2ccc3ccccc3c12)OCc1cccc2ccccc12. The van der Waals surface area contributed by atoms with Crippen molar-refractivity contribution < 1.29 is 13.9 Å². The molecule has 4 aromatic carbocycles. The molecule has 28 heavy (non-hydrogen) atoms. The Morgan fingerprint density at radius 2 is 1.46 bits per heavy atom. The van der Waals surface area contributed by atoms with Crippen molar-refractivity contribution in [2.75, 3.05) is 0 Å². The van der Waals surface area contributed by atoms with Gasteiger partial charge in [-0.25, -0.2) is 0 Å². The molecule has 0 atom stereocenters. The van der Waals surface area contributed by atoms with Crippen molar-refractivity contribution in [1.82, 2.24) is 0 Å². The van der Waals surface area contributed by atoms with Crippen LogP contribution in [0.25, 0.3) is 32.5 Å². The molecule has 1 heterocycles. The molecular weight excluding hydrogens is 348 g/mol. The van der Waals surface area contributed by atoms with E-state index in [-0.39, 0.29) is 19.0 Å². The first-order valence-corrected chi connectivity index (χ1v) is 9.30. The van der Waals surface area contributed by atoms with Crippen molar-refractivity contribution in [1.29, 1.82) is 0 Å². The van der Waals surface area contributed by atoms with Gasteiger partial charge in [0.15, 0.2) is 0 Å². The van der Waals surface area contributed by atoms with E-state index in [0.29, 0.717) is 0 Å². The molecule has 3 nitrogen and oxygen atoms in total. The Morgan fingerprint density at radius 3 is 2.32 bits per heavy atom. The van der Waals surface area contributed by atoms with Crippen molar-refractivity contribution in [3.8, 4) is 0 Å². The average Bonchev–Trinajstić information content (AvgIpc) is 3.15. The van der Waals surface area contributed by atoms with Gasteiger partial charge < -0.3 is 9.15 Å². The molecule has 0 amide bonds. The fourth-order valence-corrected chi connectivity index (χ4v) is 3.79. The van der Waals surface area contributed by atoms with Gasteiger partial charge in [0, 0.05) is 10.9 Å². The van der Waals surface area contributed by atoms with Crippen LogP contribution in [0, 0.1) is 0 Å². The highest BCUT2D eigenvalue weighted by atomic mass is 16.5. The number of carbonyl (C=O) groups is 1. The molecule has 0 saturated heterocycles. The van der Waals surface area contributed by atoms with Crippen LogP contribution in [-0.2, 0) is 22.6 Å². The smallest absolute Gasteiger partial charge is 0.310 e. The van der Waals surface area contributed by atoms with Gasteiger partial charge in [-0.15, -0.1) is 0 Å². The number of esters is 1. The predicted octanol–water partition coefficient (Wildman–Crippen LogP) is 6.03. The Balaban J connectivity index is 1.39. The van der Waals surface area contributed by atoms with Crippen molar-refractivity contribution in [2.45, 2.75) is 13.0 Å². The molecule has 0 radical (unpaired) electrons. The van der Waals surface area contributed by atoms with Crippen LogP contribution in [0.1, 0.15) is 11.1 Å². The topological polar surface area (TPSA) is 39.4 Å². The van der Waals surface area contributed by atoms with Gasteiger partial charge in [-0.05, 0) is 33.2 Å². The monoisotopic (exact) mass is 366 g/mol. The first-order chi connectivity index (χ1) is 13.8. The fraction of sp³-hybridized carbons (Fsp3) is 0.0800. The van der Waals surface area contributed by atoms with E-state index >= 15 is 0 Å². The average molecular weight is 366 g/mol. The number of hydrogen-bond donors (Lipinski definition) is 0. The Bertz CT molecular complexity index is 1310. The lowest BCUT2D eigenvalue weighted by atomic mass is 10.0. The van der Waals surface area contributed by atoms with Gasteiger partial charge in [-0.3, -0.25) is 4.79 Å². The highest BCUT2D eigenvalue weighted by molar-refractivity contribution is 6.08. The molecule has 5 aromatic rings. The second-order valence-corrected chi connectivity index (χ2v) is 6.90. The molecule has 0 saturated carbocycles. The second kappa shape index (κ2) is 6.86. The summed E-state index contributed by atoms with van der Waals surface area (Å²) in [4.78, 5) is 12.5. The predicted molar refractivity (Wildman–Crippen MR) is 111 cm³/mol. The van der Waals surface area contributed by atoms with Crippen LogP contribution in [0.15, 0.2) is 89.5 Å². The summed E-state index contributed by atoms with van der Waals surface area (Å²) in [7, 11) is 0. The molecule has 3 heteroatoms. The minimum absolute atomic E-state index is 0.186. The number of benzene rings is 4. The Morgan fingerprint density at radius 1 is 0.750 bits per heavy atom. The van der Waals surface area contributed by atoms with Crippen LogP contribution in [0.5, 0.6) is 0 Å². The van der Waals surface area contributed by atoms with Crippen LogP contribution in [0.3, 0.4) is 0 Å². The molecule has 0 aliphatic heterocycles. The van der Waals surface area contributed by atoms with Crippen molar-refractivity contribution in [3.63, 3.8) is 0 Å². The molecular formula is C25H18O3. The molecule has 0 unspecified atom stereocenters. The molecule has 0 fully saturated rings. The summed E-state index contributed by atoms with van der Waals surface area (Å²) in [5, 5.41) is 5.45. The summed E-state index contributed by atoms with van der Waals surface area (Å²) < 4.78 is 11.3. The van der Waals surface area contributed by atoms with Crippen LogP contribution >= 0.6 is 0 Å². The second-order valence-electron chi connectivity index (χ2n) is 6.90. The van der Waals surface area contributed by atoms with Crippen LogP contribution in [0.4, 0.5) is 0 Å². The summed E-state index contributed by atoms with van der Waals surface area (Å²) in [6, 6.07) is 26.3. The number of hydrogen-bond acceptors (Lipinski definition) is 3. The van der Waals surface area contributed by atoms with Crippen molar-refractivity contribution >= 4 is 38.5 Å². The standard InChI is InChI=1S/C25H18O3/c26-24(28-15-19-9-5-8-17-6-1-3-10-21(17)19)14-20-16-27-23-13-12-18-7-2-4-11-22(18)25(20)23/h1-13,16H,14-15H2. The van der Waals surface area contributed by atoms with E-state index < -0.39 is 0 Å². The Hall–Kier alpha value is -3.59. The minimum atomic E-state index is -0.261. The molecule has 0 N–H and O–H groups in total. The number of rotatable bonds is 4. The van der Waals surface area contributed by atoms with E-state index in [4.69, 9.17) is 9.15 Å². The van der Waals surface area contributed by atoms with Crippen LogP contribution in [-0.4, -0.2) is 5.97 Å². The maximum Gasteiger partial charge on any atom is 0.310 e. The number of fused-ring (bicyclic) bond motifs is 4. The molecule has 136 valence electrons. The Kier molecular flexibility index (Phi) is 4.06. The zero-order valence-corrected chi connectivity index (χ0v) is 15.2. The molecule has 0 bridgehead atoms. The van der Waals surface area contributed by atoms with Crippen LogP contribution < -0.4 is 0 Å². The fourth-order valence-electron chi connectivity index (χ4n) is 3.79. The summed E-state index contributed by atoms with van der Waals surface area (Å²) in [5.41, 5.74) is 2.65. The summed E-state index contributed by atoms with van der Waals surface area (Å²) in [5.74, 6) is -0.261. The molecule has 1 aromatic heterocycles. The van der Waals surface area contributed by atoms with E-state index in [1.54, 1.807) is 6.26 Å². The Labute approximate surface area is 162 Å². The van der Waals surface area contributed by atoms with E-state index in [0.717, 1.165) is 43.6 Å². The zero-order valence-electron chi connectivity index (χ0n) is 15.2.